The molecule has 0 spiro atoms. The first kappa shape index (κ1) is 24.2. The topological polar surface area (TPSA) is 52.0 Å². The van der Waals surface area contributed by atoms with Gasteiger partial charge >= 0.3 is 0 Å². The van der Waals surface area contributed by atoms with E-state index in [4.69, 9.17) is 11.5 Å². The van der Waals surface area contributed by atoms with Gasteiger partial charge in [-0.1, -0.05) is 85.2 Å². The van der Waals surface area contributed by atoms with E-state index in [-0.39, 0.29) is 19.7 Å². The van der Waals surface area contributed by atoms with Crippen LogP contribution in [0.15, 0.2) is 0 Å². The number of hydrogen-bond acceptors (Lipinski definition) is 2. The SMILES string of the molecule is CCCC1(CC)CCCC(CC2CCCC(CC)(CCC)C2(N)Br)C1(N)Br. The molecule has 0 heterocycles. The predicted molar refractivity (Wildman–Crippen MR) is 126 cm³/mol. The maximum Gasteiger partial charge on any atom is 0.0802 e. The first-order valence-corrected chi connectivity index (χ1v) is 13.2. The van der Waals surface area contributed by atoms with Crippen LogP contribution in [0.5, 0.6) is 0 Å². The van der Waals surface area contributed by atoms with Crippen molar-refractivity contribution in [1.29, 1.82) is 0 Å². The molecule has 6 unspecified atom stereocenters. The van der Waals surface area contributed by atoms with Crippen LogP contribution in [0.3, 0.4) is 0 Å². The zero-order valence-corrected chi connectivity index (χ0v) is 21.4. The van der Waals surface area contributed by atoms with Gasteiger partial charge in [-0.15, -0.1) is 0 Å². The fourth-order valence-corrected chi connectivity index (χ4v) is 8.99. The summed E-state index contributed by atoms with van der Waals surface area (Å²) in [4.78, 5) is 0. The first-order valence-electron chi connectivity index (χ1n) is 11.6. The Bertz CT molecular complexity index is 429. The molecule has 27 heavy (non-hydrogen) atoms. The molecule has 2 saturated carbocycles. The lowest BCUT2D eigenvalue weighted by Gasteiger charge is -2.57. The van der Waals surface area contributed by atoms with Crippen LogP contribution in [0.4, 0.5) is 0 Å². The maximum absolute atomic E-state index is 7.12. The summed E-state index contributed by atoms with van der Waals surface area (Å²) in [6, 6.07) is 0. The maximum atomic E-state index is 7.12. The van der Waals surface area contributed by atoms with E-state index in [1.165, 1.54) is 77.0 Å². The number of hydrogen-bond donors (Lipinski definition) is 2. The summed E-state index contributed by atoms with van der Waals surface area (Å²) >= 11 is 8.21. The predicted octanol–water partition coefficient (Wildman–Crippen LogP) is 7.47. The molecule has 0 saturated heterocycles. The molecule has 0 bridgehead atoms. The minimum absolute atomic E-state index is 0.230. The zero-order chi connectivity index (χ0) is 20.3. The standard InChI is InChI=1S/C23H44Br2N2/c1-5-13-20(7-3)15-9-11-18(22(20,24)26)17-19-12-10-16-21(8-4,14-6-2)23(19,25)27/h18-19H,5-17,26-27H2,1-4H3. The Balaban J connectivity index is 2.26. The lowest BCUT2D eigenvalue weighted by Crippen LogP contribution is -2.61. The molecule has 4 heteroatoms. The molecule has 6 atom stereocenters. The van der Waals surface area contributed by atoms with Crippen LogP contribution >= 0.6 is 31.9 Å². The van der Waals surface area contributed by atoms with Crippen molar-refractivity contribution in [2.75, 3.05) is 0 Å². The zero-order valence-electron chi connectivity index (χ0n) is 18.3. The Kier molecular flexibility index (Phi) is 8.36. The molecule has 2 nitrogen and oxygen atoms in total. The Morgan fingerprint density at radius 2 is 1.11 bits per heavy atom. The molecule has 2 fully saturated rings. The van der Waals surface area contributed by atoms with Crippen LogP contribution < -0.4 is 11.5 Å². The molecule has 0 aromatic rings. The molecule has 2 aliphatic rings. The highest BCUT2D eigenvalue weighted by Gasteiger charge is 2.56. The molecule has 2 aliphatic carbocycles. The number of alkyl halides is 2. The summed E-state index contributed by atoms with van der Waals surface area (Å²) in [5.41, 5.74) is 14.7. The average molecular weight is 508 g/mol. The van der Waals surface area contributed by atoms with Gasteiger partial charge in [-0.3, -0.25) is 0 Å². The van der Waals surface area contributed by atoms with E-state index < -0.39 is 0 Å². The van der Waals surface area contributed by atoms with E-state index in [1.54, 1.807) is 0 Å². The lowest BCUT2D eigenvalue weighted by molar-refractivity contribution is 0.0167. The van der Waals surface area contributed by atoms with E-state index in [1.807, 2.05) is 0 Å². The Labute approximate surface area is 185 Å². The third kappa shape index (κ3) is 4.21. The second kappa shape index (κ2) is 9.35. The minimum Gasteiger partial charge on any atom is -0.316 e. The monoisotopic (exact) mass is 506 g/mol. The number of halogens is 2. The van der Waals surface area contributed by atoms with Crippen LogP contribution in [0.2, 0.25) is 0 Å². The molecule has 2 rings (SSSR count). The fraction of sp³-hybridized carbons (Fsp3) is 1.00. The minimum atomic E-state index is -0.261. The fourth-order valence-electron chi connectivity index (χ4n) is 6.80. The van der Waals surface area contributed by atoms with Gasteiger partial charge in [-0.25, -0.2) is 0 Å². The molecule has 0 aromatic carbocycles. The van der Waals surface area contributed by atoms with Gasteiger partial charge in [0.15, 0.2) is 0 Å². The van der Waals surface area contributed by atoms with Crippen molar-refractivity contribution in [3.8, 4) is 0 Å². The van der Waals surface area contributed by atoms with E-state index in [9.17, 15) is 0 Å². The third-order valence-corrected chi connectivity index (χ3v) is 11.6. The van der Waals surface area contributed by atoms with Gasteiger partial charge in [0.2, 0.25) is 0 Å². The van der Waals surface area contributed by atoms with Crippen LogP contribution in [0.25, 0.3) is 0 Å². The Morgan fingerprint density at radius 3 is 1.41 bits per heavy atom. The number of nitrogens with two attached hydrogens (primary N) is 2. The van der Waals surface area contributed by atoms with Crippen molar-refractivity contribution in [1.82, 2.24) is 0 Å². The van der Waals surface area contributed by atoms with E-state index in [0.29, 0.717) is 11.8 Å². The van der Waals surface area contributed by atoms with Gasteiger partial charge in [0.25, 0.3) is 0 Å². The van der Waals surface area contributed by atoms with Crippen LogP contribution in [-0.4, -0.2) is 8.90 Å². The Morgan fingerprint density at radius 1 is 0.741 bits per heavy atom. The summed E-state index contributed by atoms with van der Waals surface area (Å²) in [6.07, 6.45) is 16.0. The number of rotatable bonds is 8. The summed E-state index contributed by atoms with van der Waals surface area (Å²) in [6.45, 7) is 9.27. The molecule has 0 aromatic heterocycles. The largest absolute Gasteiger partial charge is 0.316 e. The average Bonchev–Trinajstić information content (AvgIpc) is 2.62. The van der Waals surface area contributed by atoms with Gasteiger partial charge in [-0.2, -0.15) is 0 Å². The summed E-state index contributed by atoms with van der Waals surface area (Å²) < 4.78 is -0.521. The van der Waals surface area contributed by atoms with Crippen molar-refractivity contribution in [3.05, 3.63) is 0 Å². The smallest absolute Gasteiger partial charge is 0.0802 e. The normalized spacial score (nSPS) is 45.8. The van der Waals surface area contributed by atoms with Crippen molar-refractivity contribution in [2.24, 2.45) is 34.1 Å². The van der Waals surface area contributed by atoms with Crippen molar-refractivity contribution in [2.45, 2.75) is 120 Å². The molecule has 4 N–H and O–H groups in total. The third-order valence-electron chi connectivity index (χ3n) is 8.61. The lowest BCUT2D eigenvalue weighted by atomic mass is 9.57. The van der Waals surface area contributed by atoms with E-state index in [0.717, 1.165) is 6.42 Å². The quantitative estimate of drug-likeness (QED) is 0.264. The van der Waals surface area contributed by atoms with Gasteiger partial charge in [0.1, 0.15) is 0 Å². The molecule has 0 amide bonds. The Hall–Kier alpha value is 0.880. The highest BCUT2D eigenvalue weighted by molar-refractivity contribution is 9.10. The molecule has 160 valence electrons. The van der Waals surface area contributed by atoms with Crippen molar-refractivity contribution < 1.29 is 0 Å². The van der Waals surface area contributed by atoms with E-state index >= 15 is 0 Å². The second-order valence-corrected chi connectivity index (χ2v) is 12.3. The molecular formula is C23H44Br2N2. The van der Waals surface area contributed by atoms with Gasteiger partial charge in [-0.05, 0) is 80.5 Å². The summed E-state index contributed by atoms with van der Waals surface area (Å²) in [5.74, 6) is 1.02. The first-order chi connectivity index (χ1) is 12.7. The van der Waals surface area contributed by atoms with E-state index in [2.05, 4.69) is 59.6 Å². The molecular weight excluding hydrogens is 464 g/mol. The summed E-state index contributed by atoms with van der Waals surface area (Å²) in [5, 5.41) is 0. The van der Waals surface area contributed by atoms with Gasteiger partial charge in [0, 0.05) is 0 Å². The molecule has 0 radical (unpaired) electrons. The highest BCUT2D eigenvalue weighted by Crippen LogP contribution is 2.60. The van der Waals surface area contributed by atoms with Crippen molar-refractivity contribution >= 4 is 31.9 Å². The van der Waals surface area contributed by atoms with Crippen LogP contribution in [0.1, 0.15) is 111 Å². The van der Waals surface area contributed by atoms with Crippen LogP contribution in [-0.2, 0) is 0 Å². The summed E-state index contributed by atoms with van der Waals surface area (Å²) in [7, 11) is 0. The van der Waals surface area contributed by atoms with Crippen molar-refractivity contribution in [3.63, 3.8) is 0 Å². The molecule has 0 aliphatic heterocycles. The van der Waals surface area contributed by atoms with Gasteiger partial charge < -0.3 is 11.5 Å². The highest BCUT2D eigenvalue weighted by atomic mass is 79.9. The second-order valence-electron chi connectivity index (χ2n) is 9.72. The van der Waals surface area contributed by atoms with Gasteiger partial charge in [0.05, 0.1) is 8.90 Å². The van der Waals surface area contributed by atoms with Crippen LogP contribution in [0, 0.1) is 22.7 Å².